The molecule has 1 rings (SSSR count). The molecule has 0 aliphatic carbocycles. The van der Waals surface area contributed by atoms with E-state index in [0.29, 0.717) is 35.3 Å². The number of carbonyl (C=O) groups excluding carboxylic acids is 2. The average molecular weight is 338 g/mol. The molecule has 0 spiro atoms. The van der Waals surface area contributed by atoms with E-state index in [9.17, 15) is 9.59 Å². The number of amides is 2. The molecule has 0 atom stereocenters. The minimum absolute atomic E-state index is 0.0897. The van der Waals surface area contributed by atoms with Gasteiger partial charge in [-0.25, -0.2) is 0 Å². The Morgan fingerprint density at radius 1 is 1.00 bits per heavy atom. The van der Waals surface area contributed by atoms with Crippen molar-refractivity contribution in [1.29, 1.82) is 0 Å². The van der Waals surface area contributed by atoms with E-state index in [1.165, 1.54) is 33.5 Å². The van der Waals surface area contributed by atoms with Crippen molar-refractivity contribution in [3.8, 4) is 17.2 Å². The molecule has 0 radical (unpaired) electrons. The zero-order valence-corrected chi connectivity index (χ0v) is 14.9. The number of benzene rings is 1. The van der Waals surface area contributed by atoms with Gasteiger partial charge in [-0.05, 0) is 24.5 Å². The summed E-state index contributed by atoms with van der Waals surface area (Å²) in [6.07, 6.45) is 0.895. The molecule has 1 aromatic rings. The lowest BCUT2D eigenvalue weighted by Crippen LogP contribution is -2.37. The fourth-order valence-corrected chi connectivity index (χ4v) is 2.04. The van der Waals surface area contributed by atoms with Crippen molar-refractivity contribution < 1.29 is 23.8 Å². The predicted octanol–water partition coefficient (Wildman–Crippen LogP) is 1.60. The van der Waals surface area contributed by atoms with Gasteiger partial charge in [-0.2, -0.15) is 0 Å². The van der Waals surface area contributed by atoms with Crippen molar-refractivity contribution in [2.45, 2.75) is 20.3 Å². The number of hydrogen-bond acceptors (Lipinski definition) is 5. The van der Waals surface area contributed by atoms with Gasteiger partial charge in [-0.1, -0.05) is 13.8 Å². The summed E-state index contributed by atoms with van der Waals surface area (Å²) in [5.41, 5.74) is 0.319. The Hall–Kier alpha value is -2.44. The Bertz CT molecular complexity index is 547. The van der Waals surface area contributed by atoms with Gasteiger partial charge in [0, 0.05) is 12.1 Å². The van der Waals surface area contributed by atoms with Crippen molar-refractivity contribution in [2.75, 3.05) is 34.4 Å². The quantitative estimate of drug-likeness (QED) is 0.714. The topological polar surface area (TPSA) is 85.9 Å². The van der Waals surface area contributed by atoms with Crippen LogP contribution in [-0.2, 0) is 4.79 Å². The molecule has 0 aromatic heterocycles. The van der Waals surface area contributed by atoms with Gasteiger partial charge < -0.3 is 24.8 Å². The molecule has 0 aliphatic heterocycles. The maximum atomic E-state index is 12.2. The van der Waals surface area contributed by atoms with E-state index in [2.05, 4.69) is 24.5 Å². The van der Waals surface area contributed by atoms with Crippen molar-refractivity contribution in [2.24, 2.45) is 5.92 Å². The maximum Gasteiger partial charge on any atom is 0.251 e. The lowest BCUT2D eigenvalue weighted by Gasteiger charge is -2.14. The molecule has 0 saturated heterocycles. The van der Waals surface area contributed by atoms with E-state index in [0.717, 1.165) is 6.42 Å². The first kappa shape index (κ1) is 19.6. The van der Waals surface area contributed by atoms with Crippen LogP contribution in [0.5, 0.6) is 17.2 Å². The standard InChI is InChI=1S/C17H26N2O5/c1-11(2)6-7-18-15(20)10-19-17(21)12-8-13(22-3)16(24-5)14(9-12)23-4/h8-9,11H,6-7,10H2,1-5H3,(H,18,20)(H,19,21). The third-order valence-electron chi connectivity index (χ3n) is 3.38. The van der Waals surface area contributed by atoms with E-state index in [1.54, 1.807) is 0 Å². The molecule has 7 heteroatoms. The van der Waals surface area contributed by atoms with E-state index >= 15 is 0 Å². The Kier molecular flexibility index (Phi) is 7.88. The fourth-order valence-electron chi connectivity index (χ4n) is 2.04. The summed E-state index contributed by atoms with van der Waals surface area (Å²) in [5.74, 6) is 1.05. The van der Waals surface area contributed by atoms with Gasteiger partial charge in [-0.15, -0.1) is 0 Å². The molecule has 2 amide bonds. The Morgan fingerprint density at radius 3 is 2.04 bits per heavy atom. The lowest BCUT2D eigenvalue weighted by atomic mass is 10.1. The van der Waals surface area contributed by atoms with Gasteiger partial charge >= 0.3 is 0 Å². The van der Waals surface area contributed by atoms with Crippen LogP contribution in [0, 0.1) is 5.92 Å². The van der Waals surface area contributed by atoms with Gasteiger partial charge in [0.1, 0.15) is 0 Å². The van der Waals surface area contributed by atoms with Crippen molar-refractivity contribution in [1.82, 2.24) is 10.6 Å². The van der Waals surface area contributed by atoms with Crippen LogP contribution in [0.1, 0.15) is 30.6 Å². The highest BCUT2D eigenvalue weighted by atomic mass is 16.5. The number of methoxy groups -OCH3 is 3. The van der Waals surface area contributed by atoms with Crippen molar-refractivity contribution in [3.63, 3.8) is 0 Å². The zero-order chi connectivity index (χ0) is 18.1. The highest BCUT2D eigenvalue weighted by Gasteiger charge is 2.17. The molecule has 0 bridgehead atoms. The molecule has 7 nitrogen and oxygen atoms in total. The molecule has 0 saturated carbocycles. The van der Waals surface area contributed by atoms with E-state index in [-0.39, 0.29) is 12.5 Å². The summed E-state index contributed by atoms with van der Waals surface area (Å²) < 4.78 is 15.6. The average Bonchev–Trinajstić information content (AvgIpc) is 2.57. The SMILES string of the molecule is COc1cc(C(=O)NCC(=O)NCCC(C)C)cc(OC)c1OC. The van der Waals surface area contributed by atoms with Crippen LogP contribution < -0.4 is 24.8 Å². The second kappa shape index (κ2) is 9.64. The number of rotatable bonds is 9. The zero-order valence-electron chi connectivity index (χ0n) is 14.9. The van der Waals surface area contributed by atoms with E-state index in [4.69, 9.17) is 14.2 Å². The molecule has 134 valence electrons. The highest BCUT2D eigenvalue weighted by Crippen LogP contribution is 2.38. The smallest absolute Gasteiger partial charge is 0.251 e. The molecule has 1 aromatic carbocycles. The number of hydrogen-bond donors (Lipinski definition) is 2. The van der Waals surface area contributed by atoms with Gasteiger partial charge in [0.2, 0.25) is 11.7 Å². The molecular weight excluding hydrogens is 312 g/mol. The number of carbonyl (C=O) groups is 2. The van der Waals surface area contributed by atoms with Crippen LogP contribution in [0.4, 0.5) is 0 Å². The molecule has 0 fully saturated rings. The van der Waals surface area contributed by atoms with Crippen LogP contribution in [-0.4, -0.2) is 46.2 Å². The summed E-state index contributed by atoms with van der Waals surface area (Å²) in [5, 5.41) is 5.34. The van der Waals surface area contributed by atoms with Crippen LogP contribution in [0.25, 0.3) is 0 Å². The maximum absolute atomic E-state index is 12.2. The molecule has 2 N–H and O–H groups in total. The Balaban J connectivity index is 2.69. The van der Waals surface area contributed by atoms with Crippen LogP contribution >= 0.6 is 0 Å². The summed E-state index contributed by atoms with van der Waals surface area (Å²) in [6, 6.07) is 3.07. The third kappa shape index (κ3) is 5.64. The van der Waals surface area contributed by atoms with Gasteiger partial charge in [0.15, 0.2) is 11.5 Å². The predicted molar refractivity (Wildman–Crippen MR) is 90.9 cm³/mol. The fraction of sp³-hybridized carbons (Fsp3) is 0.529. The molecule has 0 unspecified atom stereocenters. The molecule has 0 aliphatic rings. The molecule has 24 heavy (non-hydrogen) atoms. The third-order valence-corrected chi connectivity index (χ3v) is 3.38. The summed E-state index contributed by atoms with van der Waals surface area (Å²) in [7, 11) is 4.43. The Labute approximate surface area is 142 Å². The van der Waals surface area contributed by atoms with E-state index in [1.807, 2.05) is 0 Å². The van der Waals surface area contributed by atoms with Crippen molar-refractivity contribution in [3.05, 3.63) is 17.7 Å². The van der Waals surface area contributed by atoms with Crippen molar-refractivity contribution >= 4 is 11.8 Å². The summed E-state index contributed by atoms with van der Waals surface area (Å²) in [6.45, 7) is 4.67. The van der Waals surface area contributed by atoms with E-state index < -0.39 is 5.91 Å². The van der Waals surface area contributed by atoms with Crippen LogP contribution in [0.15, 0.2) is 12.1 Å². The summed E-state index contributed by atoms with van der Waals surface area (Å²) in [4.78, 5) is 23.9. The minimum Gasteiger partial charge on any atom is -0.493 e. The Morgan fingerprint density at radius 2 is 1.58 bits per heavy atom. The molecular formula is C17H26N2O5. The largest absolute Gasteiger partial charge is 0.493 e. The first-order valence-corrected chi connectivity index (χ1v) is 7.77. The first-order chi connectivity index (χ1) is 11.4. The van der Waals surface area contributed by atoms with Crippen LogP contribution in [0.2, 0.25) is 0 Å². The minimum atomic E-state index is -0.395. The first-order valence-electron chi connectivity index (χ1n) is 7.77. The second-order valence-corrected chi connectivity index (χ2v) is 5.63. The number of ether oxygens (including phenoxy) is 3. The van der Waals surface area contributed by atoms with Gasteiger partial charge in [0.05, 0.1) is 27.9 Å². The number of nitrogens with one attached hydrogen (secondary N) is 2. The van der Waals surface area contributed by atoms with Crippen LogP contribution in [0.3, 0.4) is 0 Å². The summed E-state index contributed by atoms with van der Waals surface area (Å²) >= 11 is 0. The monoisotopic (exact) mass is 338 g/mol. The van der Waals surface area contributed by atoms with Gasteiger partial charge in [0.25, 0.3) is 5.91 Å². The highest BCUT2D eigenvalue weighted by molar-refractivity contribution is 5.97. The van der Waals surface area contributed by atoms with Gasteiger partial charge in [-0.3, -0.25) is 9.59 Å². The lowest BCUT2D eigenvalue weighted by molar-refractivity contribution is -0.120. The second-order valence-electron chi connectivity index (χ2n) is 5.63. The normalized spacial score (nSPS) is 10.2. The molecule has 0 heterocycles.